The van der Waals surface area contributed by atoms with Crippen molar-refractivity contribution in [2.45, 2.75) is 17.1 Å². The molecule has 27 heavy (non-hydrogen) atoms. The van der Waals surface area contributed by atoms with Gasteiger partial charge in [0.2, 0.25) is 11.8 Å². The van der Waals surface area contributed by atoms with E-state index in [-0.39, 0.29) is 0 Å². The summed E-state index contributed by atoms with van der Waals surface area (Å²) in [6, 6.07) is 6.49. The molecule has 0 spiro atoms. The summed E-state index contributed by atoms with van der Waals surface area (Å²) in [5, 5.41) is 4.56. The molecule has 2 aromatic carbocycles. The van der Waals surface area contributed by atoms with E-state index in [2.05, 4.69) is 10.6 Å². The van der Waals surface area contributed by atoms with E-state index in [0.29, 0.717) is 21.0 Å². The maximum Gasteiger partial charge on any atom is 0.243 e. The van der Waals surface area contributed by atoms with Gasteiger partial charge in [-0.15, -0.1) is 11.8 Å². The van der Waals surface area contributed by atoms with Crippen molar-refractivity contribution in [1.82, 2.24) is 5.32 Å². The minimum absolute atomic E-state index is 0.388. The molecule has 0 aliphatic heterocycles. The predicted octanol–water partition coefficient (Wildman–Crippen LogP) is 4.65. The maximum absolute atomic E-state index is 13.5. The molecule has 1 atom stereocenters. The van der Waals surface area contributed by atoms with Gasteiger partial charge in [0, 0.05) is 4.90 Å². The molecule has 0 bridgehead atoms. The zero-order chi connectivity index (χ0) is 20.1. The number of carbonyl (C=O) groups excluding carboxylic acids is 2. The second-order valence-corrected chi connectivity index (χ2v) is 7.47. The minimum Gasteiger partial charge on any atom is -0.346 e. The Labute approximate surface area is 167 Å². The molecule has 0 aliphatic carbocycles. The summed E-state index contributed by atoms with van der Waals surface area (Å²) < 4.78 is 39.5. The first-order valence-electron chi connectivity index (χ1n) is 7.52. The Morgan fingerprint density at radius 1 is 1.07 bits per heavy atom. The molecule has 144 valence electrons. The smallest absolute Gasteiger partial charge is 0.243 e. The van der Waals surface area contributed by atoms with Crippen LogP contribution in [0.2, 0.25) is 10.0 Å². The van der Waals surface area contributed by atoms with E-state index in [1.165, 1.54) is 0 Å². The topological polar surface area (TPSA) is 58.2 Å². The lowest BCUT2D eigenvalue weighted by molar-refractivity contribution is -0.123. The van der Waals surface area contributed by atoms with Gasteiger partial charge < -0.3 is 10.6 Å². The van der Waals surface area contributed by atoms with Gasteiger partial charge in [-0.1, -0.05) is 29.3 Å². The van der Waals surface area contributed by atoms with Crippen LogP contribution < -0.4 is 10.6 Å². The van der Waals surface area contributed by atoms with Gasteiger partial charge in [-0.3, -0.25) is 9.59 Å². The maximum atomic E-state index is 13.5. The van der Waals surface area contributed by atoms with Gasteiger partial charge >= 0.3 is 0 Å². The number of carbonyl (C=O) groups is 2. The van der Waals surface area contributed by atoms with Crippen LogP contribution >= 0.6 is 35.0 Å². The van der Waals surface area contributed by atoms with Crippen molar-refractivity contribution >= 4 is 52.5 Å². The zero-order valence-electron chi connectivity index (χ0n) is 13.8. The summed E-state index contributed by atoms with van der Waals surface area (Å²) in [5.74, 6) is -5.88. The zero-order valence-corrected chi connectivity index (χ0v) is 16.1. The van der Waals surface area contributed by atoms with Crippen molar-refractivity contribution in [2.75, 3.05) is 11.9 Å². The molecule has 0 fully saturated rings. The Bertz CT molecular complexity index is 863. The van der Waals surface area contributed by atoms with Crippen LogP contribution in [0.5, 0.6) is 0 Å². The van der Waals surface area contributed by atoms with Crippen LogP contribution in [0.3, 0.4) is 0 Å². The lowest BCUT2D eigenvalue weighted by atomic mass is 10.2. The minimum atomic E-state index is -1.70. The summed E-state index contributed by atoms with van der Waals surface area (Å²) in [6.45, 7) is 1.10. The quantitative estimate of drug-likeness (QED) is 0.511. The molecule has 0 aromatic heterocycles. The van der Waals surface area contributed by atoms with E-state index in [9.17, 15) is 22.8 Å². The van der Waals surface area contributed by atoms with Crippen LogP contribution in [-0.4, -0.2) is 23.6 Å². The summed E-state index contributed by atoms with van der Waals surface area (Å²) in [4.78, 5) is 24.4. The highest BCUT2D eigenvalue weighted by molar-refractivity contribution is 8.00. The lowest BCUT2D eigenvalue weighted by Crippen LogP contribution is -2.37. The molecule has 2 aromatic rings. The van der Waals surface area contributed by atoms with Crippen LogP contribution in [0.4, 0.5) is 18.9 Å². The normalized spacial score (nSPS) is 11.8. The fourth-order valence-electron chi connectivity index (χ4n) is 1.95. The average Bonchev–Trinajstić information content (AvgIpc) is 2.63. The van der Waals surface area contributed by atoms with Crippen LogP contribution in [0, 0.1) is 17.5 Å². The third-order valence-electron chi connectivity index (χ3n) is 3.32. The van der Waals surface area contributed by atoms with Gasteiger partial charge in [-0.05, 0) is 31.2 Å². The van der Waals surface area contributed by atoms with Gasteiger partial charge in [0.05, 0.1) is 27.5 Å². The molecule has 0 radical (unpaired) electrons. The summed E-state index contributed by atoms with van der Waals surface area (Å²) in [6.07, 6.45) is 0. The molecular weight excluding hydrogens is 424 g/mol. The predicted molar refractivity (Wildman–Crippen MR) is 99.7 cm³/mol. The number of thioether (sulfide) groups is 1. The van der Waals surface area contributed by atoms with E-state index in [4.69, 9.17) is 23.2 Å². The summed E-state index contributed by atoms with van der Waals surface area (Å²) in [7, 11) is 0. The van der Waals surface area contributed by atoms with E-state index >= 15 is 0 Å². The number of nitrogens with one attached hydrogen (secondary N) is 2. The largest absolute Gasteiger partial charge is 0.346 e. The van der Waals surface area contributed by atoms with Crippen LogP contribution in [0.1, 0.15) is 6.92 Å². The highest BCUT2D eigenvalue weighted by Crippen LogP contribution is 2.36. The summed E-state index contributed by atoms with van der Waals surface area (Å²) in [5.41, 5.74) is -0.529. The van der Waals surface area contributed by atoms with Crippen molar-refractivity contribution in [3.8, 4) is 0 Å². The van der Waals surface area contributed by atoms with Crippen molar-refractivity contribution < 1.29 is 22.8 Å². The Balaban J connectivity index is 1.91. The molecule has 0 saturated heterocycles. The Kier molecular flexibility index (Phi) is 7.41. The molecule has 2 amide bonds. The fraction of sp³-hybridized carbons (Fsp3) is 0.176. The molecule has 0 heterocycles. The van der Waals surface area contributed by atoms with Crippen LogP contribution in [-0.2, 0) is 9.59 Å². The lowest BCUT2D eigenvalue weighted by Gasteiger charge is -2.14. The molecule has 2 rings (SSSR count). The SMILES string of the molecule is C[C@@H](Sc1c(Cl)cccc1Cl)C(=O)NCC(=O)Nc1ccc(F)c(F)c1F. The second-order valence-electron chi connectivity index (χ2n) is 5.30. The number of hydrogen-bond donors (Lipinski definition) is 2. The van der Waals surface area contributed by atoms with Gasteiger partial charge in [-0.2, -0.15) is 0 Å². The Morgan fingerprint density at radius 3 is 2.33 bits per heavy atom. The number of rotatable bonds is 6. The standard InChI is InChI=1S/C17H13Cl2F3N2O2S/c1-8(27-16-9(18)3-2-4-10(16)19)17(26)23-7-13(25)24-12-6-5-11(20)14(21)15(12)22/h2-6,8H,7H2,1H3,(H,23,26)(H,24,25)/t8-/m1/s1. The monoisotopic (exact) mass is 436 g/mol. The summed E-state index contributed by atoms with van der Waals surface area (Å²) >= 11 is 13.2. The average molecular weight is 437 g/mol. The first kappa shape index (κ1) is 21.4. The highest BCUT2D eigenvalue weighted by atomic mass is 35.5. The Morgan fingerprint density at radius 2 is 1.70 bits per heavy atom. The first-order valence-corrected chi connectivity index (χ1v) is 9.16. The van der Waals surface area contributed by atoms with Gasteiger partial charge in [0.1, 0.15) is 0 Å². The number of benzene rings is 2. The third kappa shape index (κ3) is 5.54. The van der Waals surface area contributed by atoms with Crippen molar-refractivity contribution in [2.24, 2.45) is 0 Å². The molecule has 10 heteroatoms. The number of anilines is 1. The molecule has 0 saturated carbocycles. The third-order valence-corrected chi connectivity index (χ3v) is 5.41. The van der Waals surface area contributed by atoms with E-state index in [1.807, 2.05) is 0 Å². The number of halogens is 5. The van der Waals surface area contributed by atoms with Crippen molar-refractivity contribution in [3.05, 3.63) is 57.8 Å². The van der Waals surface area contributed by atoms with E-state index in [1.54, 1.807) is 25.1 Å². The molecule has 4 nitrogen and oxygen atoms in total. The number of hydrogen-bond acceptors (Lipinski definition) is 3. The second kappa shape index (κ2) is 9.34. The van der Waals surface area contributed by atoms with Crippen molar-refractivity contribution in [3.63, 3.8) is 0 Å². The van der Waals surface area contributed by atoms with Gasteiger partial charge in [0.25, 0.3) is 0 Å². The number of amides is 2. The fourth-order valence-corrected chi connectivity index (χ4v) is 3.52. The van der Waals surface area contributed by atoms with Gasteiger partial charge in [-0.25, -0.2) is 13.2 Å². The Hall–Kier alpha value is -1.90. The highest BCUT2D eigenvalue weighted by Gasteiger charge is 2.19. The van der Waals surface area contributed by atoms with E-state index in [0.717, 1.165) is 17.8 Å². The molecule has 2 N–H and O–H groups in total. The van der Waals surface area contributed by atoms with E-state index < -0.39 is 46.7 Å². The first-order chi connectivity index (χ1) is 12.7. The van der Waals surface area contributed by atoms with Crippen molar-refractivity contribution in [1.29, 1.82) is 0 Å². The molecular formula is C17H13Cl2F3N2O2S. The van der Waals surface area contributed by atoms with Gasteiger partial charge in [0.15, 0.2) is 17.5 Å². The van der Waals surface area contributed by atoms with Crippen LogP contribution in [0.15, 0.2) is 35.2 Å². The van der Waals surface area contributed by atoms with Crippen LogP contribution in [0.25, 0.3) is 0 Å². The molecule has 0 unspecified atom stereocenters. The molecule has 0 aliphatic rings.